The highest BCUT2D eigenvalue weighted by molar-refractivity contribution is 9.10. The SMILES string of the molecule is COc1cc(CNCCCO)c(Br)cc1OCc1ccc(C)cc1. The van der Waals surface area contributed by atoms with Crippen LogP contribution in [0.25, 0.3) is 0 Å². The Labute approximate surface area is 151 Å². The Bertz CT molecular complexity index is 644. The van der Waals surface area contributed by atoms with Gasteiger partial charge in [0.25, 0.3) is 0 Å². The third-order valence-electron chi connectivity index (χ3n) is 3.67. The summed E-state index contributed by atoms with van der Waals surface area (Å²) in [5.41, 5.74) is 3.44. The molecule has 0 saturated carbocycles. The number of rotatable bonds is 9. The third-order valence-corrected chi connectivity index (χ3v) is 4.41. The molecule has 4 nitrogen and oxygen atoms in total. The molecular weight excluding hydrogens is 370 g/mol. The highest BCUT2D eigenvalue weighted by Gasteiger charge is 2.10. The first-order valence-electron chi connectivity index (χ1n) is 8.00. The Hall–Kier alpha value is -1.56. The average Bonchev–Trinajstić information content (AvgIpc) is 2.59. The maximum absolute atomic E-state index is 8.82. The van der Waals surface area contributed by atoms with E-state index in [0.717, 1.165) is 28.6 Å². The summed E-state index contributed by atoms with van der Waals surface area (Å²) in [4.78, 5) is 0. The minimum Gasteiger partial charge on any atom is -0.493 e. The molecule has 0 aliphatic heterocycles. The number of aryl methyl sites for hydroxylation is 1. The van der Waals surface area contributed by atoms with Gasteiger partial charge in [-0.3, -0.25) is 0 Å². The van der Waals surface area contributed by atoms with Crippen molar-refractivity contribution in [1.29, 1.82) is 0 Å². The Morgan fingerprint density at radius 3 is 2.54 bits per heavy atom. The van der Waals surface area contributed by atoms with Gasteiger partial charge in [0.05, 0.1) is 7.11 Å². The second-order valence-electron chi connectivity index (χ2n) is 5.62. The third kappa shape index (κ3) is 5.51. The summed E-state index contributed by atoms with van der Waals surface area (Å²) in [7, 11) is 1.64. The number of hydrogen-bond donors (Lipinski definition) is 2. The Balaban J connectivity index is 2.03. The number of hydrogen-bond acceptors (Lipinski definition) is 4. The lowest BCUT2D eigenvalue weighted by Crippen LogP contribution is -2.16. The molecule has 0 aromatic heterocycles. The van der Waals surface area contributed by atoms with E-state index < -0.39 is 0 Å². The molecule has 0 radical (unpaired) electrons. The number of aliphatic hydroxyl groups is 1. The fourth-order valence-electron chi connectivity index (χ4n) is 2.26. The van der Waals surface area contributed by atoms with Crippen LogP contribution in [0, 0.1) is 6.92 Å². The quantitative estimate of drug-likeness (QED) is 0.635. The fourth-order valence-corrected chi connectivity index (χ4v) is 2.72. The zero-order valence-electron chi connectivity index (χ0n) is 14.1. The normalized spacial score (nSPS) is 10.7. The lowest BCUT2D eigenvalue weighted by atomic mass is 10.1. The topological polar surface area (TPSA) is 50.7 Å². The van der Waals surface area contributed by atoms with E-state index in [4.69, 9.17) is 14.6 Å². The maximum atomic E-state index is 8.82. The molecule has 0 fully saturated rings. The molecule has 24 heavy (non-hydrogen) atoms. The van der Waals surface area contributed by atoms with Gasteiger partial charge in [-0.2, -0.15) is 0 Å². The minimum absolute atomic E-state index is 0.198. The predicted octanol–water partition coefficient (Wildman–Crippen LogP) is 3.82. The van der Waals surface area contributed by atoms with Crippen LogP contribution in [0.3, 0.4) is 0 Å². The summed E-state index contributed by atoms with van der Waals surface area (Å²) in [5.74, 6) is 1.42. The van der Waals surface area contributed by atoms with Gasteiger partial charge >= 0.3 is 0 Å². The van der Waals surface area contributed by atoms with Crippen LogP contribution in [0.4, 0.5) is 0 Å². The summed E-state index contributed by atoms with van der Waals surface area (Å²) < 4.78 is 12.4. The van der Waals surface area contributed by atoms with Crippen LogP contribution in [0.5, 0.6) is 11.5 Å². The number of ether oxygens (including phenoxy) is 2. The van der Waals surface area contributed by atoms with Crippen molar-refractivity contribution in [2.75, 3.05) is 20.3 Å². The molecule has 2 rings (SSSR count). The molecule has 5 heteroatoms. The van der Waals surface area contributed by atoms with Crippen LogP contribution in [0.2, 0.25) is 0 Å². The van der Waals surface area contributed by atoms with E-state index in [1.54, 1.807) is 7.11 Å². The molecule has 0 bridgehead atoms. The molecule has 0 saturated heterocycles. The Morgan fingerprint density at radius 2 is 1.88 bits per heavy atom. The summed E-state index contributed by atoms with van der Waals surface area (Å²) in [6, 6.07) is 12.2. The molecule has 0 aliphatic rings. The molecule has 0 unspecified atom stereocenters. The average molecular weight is 394 g/mol. The van der Waals surface area contributed by atoms with Gasteiger partial charge in [-0.25, -0.2) is 0 Å². The van der Waals surface area contributed by atoms with Crippen molar-refractivity contribution in [2.24, 2.45) is 0 Å². The standard InChI is InChI=1S/C19H24BrNO3/c1-14-4-6-15(7-5-14)13-24-19-11-17(20)16(10-18(19)23-2)12-21-8-3-9-22/h4-7,10-11,21-22H,3,8-9,12-13H2,1-2H3. The van der Waals surface area contributed by atoms with Crippen molar-refractivity contribution >= 4 is 15.9 Å². The van der Waals surface area contributed by atoms with Crippen LogP contribution >= 0.6 is 15.9 Å². The largest absolute Gasteiger partial charge is 0.493 e. The van der Waals surface area contributed by atoms with Crippen LogP contribution in [0.15, 0.2) is 40.9 Å². The lowest BCUT2D eigenvalue weighted by Gasteiger charge is -2.14. The number of halogens is 1. The zero-order chi connectivity index (χ0) is 17.4. The summed E-state index contributed by atoms with van der Waals surface area (Å²) in [5, 5.41) is 12.1. The van der Waals surface area contributed by atoms with E-state index in [1.807, 2.05) is 12.1 Å². The number of methoxy groups -OCH3 is 1. The van der Waals surface area contributed by atoms with Crippen LogP contribution in [-0.2, 0) is 13.2 Å². The molecule has 2 aromatic carbocycles. The molecule has 0 aliphatic carbocycles. The van der Waals surface area contributed by atoms with Crippen LogP contribution in [-0.4, -0.2) is 25.4 Å². The first-order valence-corrected chi connectivity index (χ1v) is 8.79. The molecule has 0 atom stereocenters. The molecule has 130 valence electrons. The molecule has 0 heterocycles. The van der Waals surface area contributed by atoms with Crippen molar-refractivity contribution in [3.8, 4) is 11.5 Å². The van der Waals surface area contributed by atoms with Gasteiger partial charge in [-0.15, -0.1) is 0 Å². The van der Waals surface area contributed by atoms with E-state index >= 15 is 0 Å². The first-order chi connectivity index (χ1) is 11.6. The highest BCUT2D eigenvalue weighted by atomic mass is 79.9. The second-order valence-corrected chi connectivity index (χ2v) is 6.48. The van der Waals surface area contributed by atoms with E-state index in [-0.39, 0.29) is 6.61 Å². The van der Waals surface area contributed by atoms with E-state index in [1.165, 1.54) is 5.56 Å². The molecule has 2 N–H and O–H groups in total. The smallest absolute Gasteiger partial charge is 0.162 e. The predicted molar refractivity (Wildman–Crippen MR) is 99.6 cm³/mol. The van der Waals surface area contributed by atoms with E-state index in [2.05, 4.69) is 52.4 Å². The summed E-state index contributed by atoms with van der Waals surface area (Å²) in [6.07, 6.45) is 0.743. The van der Waals surface area contributed by atoms with Crippen molar-refractivity contribution in [2.45, 2.75) is 26.5 Å². The second kappa shape index (κ2) is 9.67. The van der Waals surface area contributed by atoms with Crippen molar-refractivity contribution in [1.82, 2.24) is 5.32 Å². The molecule has 0 amide bonds. The van der Waals surface area contributed by atoms with Gasteiger partial charge < -0.3 is 19.9 Å². The Morgan fingerprint density at radius 1 is 1.12 bits per heavy atom. The maximum Gasteiger partial charge on any atom is 0.162 e. The van der Waals surface area contributed by atoms with Gasteiger partial charge in [0.15, 0.2) is 11.5 Å². The van der Waals surface area contributed by atoms with Gasteiger partial charge in [0.1, 0.15) is 6.61 Å². The first kappa shape index (κ1) is 18.8. The zero-order valence-corrected chi connectivity index (χ0v) is 15.7. The van der Waals surface area contributed by atoms with Crippen LogP contribution < -0.4 is 14.8 Å². The molecular formula is C19H24BrNO3. The van der Waals surface area contributed by atoms with Crippen molar-refractivity contribution < 1.29 is 14.6 Å². The van der Waals surface area contributed by atoms with Gasteiger partial charge in [0.2, 0.25) is 0 Å². The van der Waals surface area contributed by atoms with Crippen LogP contribution in [0.1, 0.15) is 23.1 Å². The van der Waals surface area contributed by atoms with Crippen molar-refractivity contribution in [3.05, 3.63) is 57.6 Å². The molecule has 0 spiro atoms. The van der Waals surface area contributed by atoms with Crippen molar-refractivity contribution in [3.63, 3.8) is 0 Å². The summed E-state index contributed by atoms with van der Waals surface area (Å²) in [6.45, 7) is 4.24. The minimum atomic E-state index is 0.198. The Kier molecular flexibility index (Phi) is 7.56. The van der Waals surface area contributed by atoms with E-state index in [9.17, 15) is 0 Å². The fraction of sp³-hybridized carbons (Fsp3) is 0.368. The number of benzene rings is 2. The van der Waals surface area contributed by atoms with Gasteiger partial charge in [-0.05, 0) is 43.1 Å². The monoisotopic (exact) mass is 393 g/mol. The van der Waals surface area contributed by atoms with Gasteiger partial charge in [0, 0.05) is 17.6 Å². The number of aliphatic hydroxyl groups excluding tert-OH is 1. The highest BCUT2D eigenvalue weighted by Crippen LogP contribution is 2.34. The molecule has 2 aromatic rings. The number of nitrogens with one attached hydrogen (secondary N) is 1. The lowest BCUT2D eigenvalue weighted by molar-refractivity contribution is 0.283. The summed E-state index contributed by atoms with van der Waals surface area (Å²) >= 11 is 3.59. The van der Waals surface area contributed by atoms with Gasteiger partial charge in [-0.1, -0.05) is 45.8 Å². The van der Waals surface area contributed by atoms with E-state index in [0.29, 0.717) is 24.7 Å².